The Bertz CT molecular complexity index is 433. The molecule has 4 heteroatoms. The second kappa shape index (κ2) is 5.80. The van der Waals surface area contributed by atoms with Crippen molar-refractivity contribution in [3.63, 3.8) is 0 Å². The van der Waals surface area contributed by atoms with Crippen molar-refractivity contribution in [3.05, 3.63) is 34.9 Å². The molecular weight excluding hydrogens is 258 g/mol. The first kappa shape index (κ1) is 14.8. The van der Waals surface area contributed by atoms with Crippen molar-refractivity contribution in [2.75, 3.05) is 33.2 Å². The molecule has 106 valence electrons. The second-order valence-electron chi connectivity index (χ2n) is 6.01. The van der Waals surface area contributed by atoms with E-state index in [0.29, 0.717) is 6.54 Å². The highest BCUT2D eigenvalue weighted by Crippen LogP contribution is 2.28. The van der Waals surface area contributed by atoms with Gasteiger partial charge in [-0.25, -0.2) is 0 Å². The normalized spacial score (nSPS) is 22.4. The molecule has 0 spiro atoms. The Morgan fingerprint density at radius 1 is 1.37 bits per heavy atom. The third-order valence-corrected chi connectivity index (χ3v) is 4.48. The van der Waals surface area contributed by atoms with Crippen LogP contribution in [-0.2, 0) is 0 Å². The smallest absolute Gasteiger partial charge is 0.0472 e. The Kier molecular flexibility index (Phi) is 4.51. The monoisotopic (exact) mass is 281 g/mol. The van der Waals surface area contributed by atoms with Crippen LogP contribution in [0.3, 0.4) is 0 Å². The Balaban J connectivity index is 2.19. The van der Waals surface area contributed by atoms with Crippen LogP contribution in [0.15, 0.2) is 24.3 Å². The highest BCUT2D eigenvalue weighted by Gasteiger charge is 2.34. The molecule has 0 aliphatic carbocycles. The van der Waals surface area contributed by atoms with E-state index in [-0.39, 0.29) is 11.6 Å². The summed E-state index contributed by atoms with van der Waals surface area (Å²) in [6, 6.07) is 8.32. The molecule has 1 aliphatic rings. The van der Waals surface area contributed by atoms with Gasteiger partial charge in [-0.05, 0) is 38.6 Å². The van der Waals surface area contributed by atoms with Crippen LogP contribution in [0.4, 0.5) is 0 Å². The summed E-state index contributed by atoms with van der Waals surface area (Å²) in [6.45, 7) is 8.34. The van der Waals surface area contributed by atoms with Gasteiger partial charge < -0.3 is 5.73 Å². The molecule has 0 radical (unpaired) electrons. The predicted molar refractivity (Wildman–Crippen MR) is 81.5 cm³/mol. The molecule has 1 fully saturated rings. The van der Waals surface area contributed by atoms with Gasteiger partial charge in [0.25, 0.3) is 0 Å². The number of benzene rings is 1. The number of hydrogen-bond donors (Lipinski definition) is 1. The molecule has 19 heavy (non-hydrogen) atoms. The molecule has 1 aromatic rings. The number of nitrogens with zero attached hydrogens (tertiary/aromatic N) is 2. The fourth-order valence-electron chi connectivity index (χ4n) is 2.75. The first-order chi connectivity index (χ1) is 8.94. The highest BCUT2D eigenvalue weighted by molar-refractivity contribution is 6.30. The minimum absolute atomic E-state index is 0.185. The number of rotatable bonds is 3. The zero-order valence-corrected chi connectivity index (χ0v) is 12.8. The molecule has 0 aromatic heterocycles. The van der Waals surface area contributed by atoms with Crippen molar-refractivity contribution in [1.29, 1.82) is 0 Å². The fraction of sp³-hybridized carbons (Fsp3) is 0.600. The lowest BCUT2D eigenvalue weighted by Gasteiger charge is -2.48. The molecule has 1 saturated heterocycles. The molecule has 2 rings (SSSR count). The largest absolute Gasteiger partial charge is 0.329 e. The highest BCUT2D eigenvalue weighted by atomic mass is 35.5. The Morgan fingerprint density at radius 3 is 2.68 bits per heavy atom. The van der Waals surface area contributed by atoms with E-state index < -0.39 is 0 Å². The lowest BCUT2D eigenvalue weighted by Crippen LogP contribution is -2.58. The van der Waals surface area contributed by atoms with Crippen molar-refractivity contribution in [1.82, 2.24) is 9.80 Å². The summed E-state index contributed by atoms with van der Waals surface area (Å²) in [5.74, 6) is 0. The quantitative estimate of drug-likeness (QED) is 0.923. The van der Waals surface area contributed by atoms with E-state index in [0.717, 1.165) is 24.7 Å². The second-order valence-corrected chi connectivity index (χ2v) is 6.45. The molecule has 3 nitrogen and oxygen atoms in total. The maximum absolute atomic E-state index is 6.10. The van der Waals surface area contributed by atoms with E-state index in [1.165, 1.54) is 5.56 Å². The Hall–Kier alpha value is -0.610. The summed E-state index contributed by atoms with van der Waals surface area (Å²) in [4.78, 5) is 4.89. The average molecular weight is 282 g/mol. The summed E-state index contributed by atoms with van der Waals surface area (Å²) >= 11 is 6.10. The Labute approximate surface area is 121 Å². The molecule has 0 amide bonds. The van der Waals surface area contributed by atoms with Crippen molar-refractivity contribution in [2.24, 2.45) is 5.73 Å². The van der Waals surface area contributed by atoms with Gasteiger partial charge in [-0.1, -0.05) is 23.7 Å². The summed E-state index contributed by atoms with van der Waals surface area (Å²) < 4.78 is 0. The van der Waals surface area contributed by atoms with Gasteiger partial charge in [0.05, 0.1) is 0 Å². The minimum atomic E-state index is 0.185. The van der Waals surface area contributed by atoms with Crippen LogP contribution >= 0.6 is 11.6 Å². The van der Waals surface area contributed by atoms with Crippen LogP contribution in [0.25, 0.3) is 0 Å². The molecule has 0 bridgehead atoms. The molecule has 1 heterocycles. The fourth-order valence-corrected chi connectivity index (χ4v) is 2.95. The molecule has 0 saturated carbocycles. The van der Waals surface area contributed by atoms with Crippen molar-refractivity contribution in [3.8, 4) is 0 Å². The third-order valence-electron chi connectivity index (χ3n) is 4.24. The van der Waals surface area contributed by atoms with E-state index in [9.17, 15) is 0 Å². The van der Waals surface area contributed by atoms with Crippen LogP contribution in [0, 0.1) is 0 Å². The molecule has 1 atom stereocenters. The number of nitrogens with two attached hydrogens (primary N) is 1. The van der Waals surface area contributed by atoms with Gasteiger partial charge in [0.1, 0.15) is 0 Å². The molecular formula is C15H24ClN3. The topological polar surface area (TPSA) is 32.5 Å². The predicted octanol–water partition coefficient (Wildman–Crippen LogP) is 2.37. The summed E-state index contributed by atoms with van der Waals surface area (Å²) in [5.41, 5.74) is 7.41. The van der Waals surface area contributed by atoms with E-state index in [1.54, 1.807) is 0 Å². The van der Waals surface area contributed by atoms with Gasteiger partial charge in [-0.2, -0.15) is 0 Å². The average Bonchev–Trinajstić information content (AvgIpc) is 2.34. The van der Waals surface area contributed by atoms with Crippen LogP contribution in [0.2, 0.25) is 5.02 Å². The summed E-state index contributed by atoms with van der Waals surface area (Å²) in [7, 11) is 2.19. The maximum atomic E-state index is 6.10. The first-order valence-corrected chi connectivity index (χ1v) is 7.22. The SMILES string of the molecule is CN1CCN(C(CN)c2cccc(Cl)c2)CC1(C)C. The van der Waals surface area contributed by atoms with Crippen LogP contribution in [0.5, 0.6) is 0 Å². The zero-order valence-electron chi connectivity index (χ0n) is 12.1. The van der Waals surface area contributed by atoms with Crippen LogP contribution in [-0.4, -0.2) is 48.6 Å². The zero-order chi connectivity index (χ0) is 14.0. The van der Waals surface area contributed by atoms with Gasteiger partial charge in [0.2, 0.25) is 0 Å². The Morgan fingerprint density at radius 2 is 2.11 bits per heavy atom. The summed E-state index contributed by atoms with van der Waals surface area (Å²) in [6.07, 6.45) is 0. The van der Waals surface area contributed by atoms with Gasteiger partial charge >= 0.3 is 0 Å². The van der Waals surface area contributed by atoms with Crippen molar-refractivity contribution < 1.29 is 0 Å². The van der Waals surface area contributed by atoms with Crippen LogP contribution in [0.1, 0.15) is 25.5 Å². The summed E-state index contributed by atoms with van der Waals surface area (Å²) in [5, 5.41) is 0.782. The van der Waals surface area contributed by atoms with Gasteiger partial charge in [0.15, 0.2) is 0 Å². The molecule has 1 unspecified atom stereocenters. The first-order valence-electron chi connectivity index (χ1n) is 6.85. The van der Waals surface area contributed by atoms with E-state index in [2.05, 4.69) is 36.8 Å². The van der Waals surface area contributed by atoms with Crippen molar-refractivity contribution in [2.45, 2.75) is 25.4 Å². The molecule has 1 aliphatic heterocycles. The number of hydrogen-bond acceptors (Lipinski definition) is 3. The number of likely N-dealkylation sites (N-methyl/N-ethyl adjacent to an activating group) is 1. The number of piperazine rings is 1. The molecule has 1 aromatic carbocycles. The van der Waals surface area contributed by atoms with Gasteiger partial charge in [-0.15, -0.1) is 0 Å². The minimum Gasteiger partial charge on any atom is -0.329 e. The lowest BCUT2D eigenvalue weighted by atomic mass is 9.96. The van der Waals surface area contributed by atoms with Gasteiger partial charge in [-0.3, -0.25) is 9.80 Å². The van der Waals surface area contributed by atoms with E-state index in [1.807, 2.05) is 18.2 Å². The number of halogens is 1. The van der Waals surface area contributed by atoms with E-state index in [4.69, 9.17) is 17.3 Å². The molecule has 2 N–H and O–H groups in total. The third kappa shape index (κ3) is 3.29. The maximum Gasteiger partial charge on any atom is 0.0472 e. The van der Waals surface area contributed by atoms with Gasteiger partial charge in [0, 0.05) is 42.8 Å². The van der Waals surface area contributed by atoms with Crippen molar-refractivity contribution >= 4 is 11.6 Å². The van der Waals surface area contributed by atoms with Crippen LogP contribution < -0.4 is 5.73 Å². The lowest BCUT2D eigenvalue weighted by molar-refractivity contribution is 0.0180. The van der Waals surface area contributed by atoms with E-state index >= 15 is 0 Å². The standard InChI is InChI=1S/C15H24ClN3/c1-15(2)11-19(8-7-18(15)3)14(10-17)12-5-4-6-13(16)9-12/h4-6,9,14H,7-8,10-11,17H2,1-3H3.